The van der Waals surface area contributed by atoms with Crippen LogP contribution in [0.1, 0.15) is 76.0 Å². The van der Waals surface area contributed by atoms with Crippen LogP contribution in [0.2, 0.25) is 0 Å². The van der Waals surface area contributed by atoms with Gasteiger partial charge in [-0.05, 0) is 43.2 Å². The average Bonchev–Trinajstić information content (AvgIpc) is 2.75. The SMILES string of the molecule is CCCCCCCCC1CCCc2c([nH]c3ccccc23)C1. The van der Waals surface area contributed by atoms with Crippen molar-refractivity contribution in [1.82, 2.24) is 4.98 Å². The fourth-order valence-electron chi connectivity index (χ4n) is 4.13. The topological polar surface area (TPSA) is 15.8 Å². The molecule has 1 aliphatic carbocycles. The molecule has 3 rings (SSSR count). The van der Waals surface area contributed by atoms with E-state index in [1.165, 1.54) is 87.2 Å². The van der Waals surface area contributed by atoms with Crippen molar-refractivity contribution < 1.29 is 0 Å². The van der Waals surface area contributed by atoms with Gasteiger partial charge in [0, 0.05) is 16.6 Å². The zero-order valence-corrected chi connectivity index (χ0v) is 14.2. The third-order valence-corrected chi connectivity index (χ3v) is 5.40. The Morgan fingerprint density at radius 1 is 1.05 bits per heavy atom. The van der Waals surface area contributed by atoms with Crippen LogP contribution in [0.4, 0.5) is 0 Å². The van der Waals surface area contributed by atoms with Crippen LogP contribution in [0.3, 0.4) is 0 Å². The number of hydrogen-bond acceptors (Lipinski definition) is 0. The highest BCUT2D eigenvalue weighted by atomic mass is 14.7. The fourth-order valence-corrected chi connectivity index (χ4v) is 4.13. The number of aromatic amines is 1. The van der Waals surface area contributed by atoms with E-state index >= 15 is 0 Å². The summed E-state index contributed by atoms with van der Waals surface area (Å²) in [6.07, 6.45) is 15.3. The summed E-state index contributed by atoms with van der Waals surface area (Å²) in [4.78, 5) is 3.70. The second kappa shape index (κ2) is 7.85. The predicted octanol–water partition coefficient (Wildman–Crippen LogP) is 6.41. The lowest BCUT2D eigenvalue weighted by atomic mass is 9.93. The number of hydrogen-bond donors (Lipinski definition) is 1. The van der Waals surface area contributed by atoms with E-state index in [1.54, 1.807) is 5.56 Å². The lowest BCUT2D eigenvalue weighted by Gasteiger charge is -2.13. The van der Waals surface area contributed by atoms with Gasteiger partial charge in [0.25, 0.3) is 0 Å². The molecule has 1 N–H and O–H groups in total. The average molecular weight is 297 g/mol. The third kappa shape index (κ3) is 3.74. The van der Waals surface area contributed by atoms with Gasteiger partial charge >= 0.3 is 0 Å². The van der Waals surface area contributed by atoms with E-state index in [0.717, 1.165) is 5.92 Å². The van der Waals surface area contributed by atoms with E-state index in [4.69, 9.17) is 0 Å². The predicted molar refractivity (Wildman–Crippen MR) is 96.4 cm³/mol. The number of benzene rings is 1. The highest BCUT2D eigenvalue weighted by Crippen LogP contribution is 2.32. The van der Waals surface area contributed by atoms with Gasteiger partial charge in [-0.3, -0.25) is 0 Å². The minimum atomic E-state index is 0.903. The highest BCUT2D eigenvalue weighted by molar-refractivity contribution is 5.84. The van der Waals surface area contributed by atoms with Gasteiger partial charge < -0.3 is 4.98 Å². The third-order valence-electron chi connectivity index (χ3n) is 5.40. The van der Waals surface area contributed by atoms with Crippen LogP contribution in [-0.4, -0.2) is 4.98 Å². The van der Waals surface area contributed by atoms with Crippen molar-refractivity contribution in [3.8, 4) is 0 Å². The Labute approximate surface area is 135 Å². The van der Waals surface area contributed by atoms with Crippen molar-refractivity contribution in [3.63, 3.8) is 0 Å². The molecule has 0 fully saturated rings. The van der Waals surface area contributed by atoms with Crippen LogP contribution in [0.15, 0.2) is 24.3 Å². The molecule has 0 aliphatic heterocycles. The number of rotatable bonds is 7. The maximum atomic E-state index is 3.70. The van der Waals surface area contributed by atoms with Crippen LogP contribution in [0, 0.1) is 5.92 Å². The molecule has 1 heteroatoms. The Hall–Kier alpha value is -1.24. The Kier molecular flexibility index (Phi) is 5.58. The maximum absolute atomic E-state index is 3.70. The molecular weight excluding hydrogens is 266 g/mol. The van der Waals surface area contributed by atoms with Crippen LogP contribution in [0.5, 0.6) is 0 Å². The lowest BCUT2D eigenvalue weighted by molar-refractivity contribution is 0.418. The van der Waals surface area contributed by atoms with Gasteiger partial charge in [-0.2, -0.15) is 0 Å². The first-order valence-corrected chi connectivity index (χ1v) is 9.47. The summed E-state index contributed by atoms with van der Waals surface area (Å²) in [5, 5.41) is 1.47. The van der Waals surface area contributed by atoms with Gasteiger partial charge in [0.15, 0.2) is 0 Å². The second-order valence-corrected chi connectivity index (χ2v) is 7.15. The monoisotopic (exact) mass is 297 g/mol. The molecule has 22 heavy (non-hydrogen) atoms. The van der Waals surface area contributed by atoms with Crippen LogP contribution >= 0.6 is 0 Å². The van der Waals surface area contributed by atoms with Gasteiger partial charge in [-0.1, -0.05) is 70.1 Å². The highest BCUT2D eigenvalue weighted by Gasteiger charge is 2.19. The number of unbranched alkanes of at least 4 members (excludes halogenated alkanes) is 5. The van der Waals surface area contributed by atoms with Crippen molar-refractivity contribution in [3.05, 3.63) is 35.5 Å². The Morgan fingerprint density at radius 2 is 1.86 bits per heavy atom. The van der Waals surface area contributed by atoms with E-state index in [0.29, 0.717) is 0 Å². The van der Waals surface area contributed by atoms with E-state index < -0.39 is 0 Å². The number of aryl methyl sites for hydroxylation is 1. The molecule has 1 aliphatic rings. The molecule has 0 saturated carbocycles. The van der Waals surface area contributed by atoms with Crippen molar-refractivity contribution >= 4 is 10.9 Å². The van der Waals surface area contributed by atoms with Crippen LogP contribution in [0.25, 0.3) is 10.9 Å². The number of aromatic nitrogens is 1. The van der Waals surface area contributed by atoms with Crippen LogP contribution < -0.4 is 0 Å². The molecule has 2 aromatic rings. The largest absolute Gasteiger partial charge is 0.358 e. The minimum absolute atomic E-state index is 0.903. The molecule has 0 saturated heterocycles. The number of nitrogens with one attached hydrogen (secondary N) is 1. The molecule has 1 aromatic carbocycles. The summed E-state index contributed by atoms with van der Waals surface area (Å²) < 4.78 is 0. The number of H-pyrrole nitrogens is 1. The summed E-state index contributed by atoms with van der Waals surface area (Å²) in [7, 11) is 0. The summed E-state index contributed by atoms with van der Waals surface area (Å²) in [6, 6.07) is 8.84. The molecular formula is C21H31N. The van der Waals surface area contributed by atoms with Crippen molar-refractivity contribution in [2.24, 2.45) is 5.92 Å². The molecule has 120 valence electrons. The Morgan fingerprint density at radius 3 is 2.77 bits per heavy atom. The van der Waals surface area contributed by atoms with Gasteiger partial charge in [-0.15, -0.1) is 0 Å². The quantitative estimate of drug-likeness (QED) is 0.448. The summed E-state index contributed by atoms with van der Waals surface area (Å²) >= 11 is 0. The first-order valence-electron chi connectivity index (χ1n) is 9.47. The smallest absolute Gasteiger partial charge is 0.0458 e. The van der Waals surface area contributed by atoms with Crippen LogP contribution in [-0.2, 0) is 12.8 Å². The van der Waals surface area contributed by atoms with E-state index in [9.17, 15) is 0 Å². The van der Waals surface area contributed by atoms with E-state index in [1.807, 2.05) is 0 Å². The van der Waals surface area contributed by atoms with E-state index in [-0.39, 0.29) is 0 Å². The van der Waals surface area contributed by atoms with Gasteiger partial charge in [0.2, 0.25) is 0 Å². The first kappa shape index (κ1) is 15.6. The number of para-hydroxylation sites is 1. The van der Waals surface area contributed by atoms with Crippen molar-refractivity contribution in [2.45, 2.75) is 77.6 Å². The lowest BCUT2D eigenvalue weighted by Crippen LogP contribution is -2.03. The molecule has 1 unspecified atom stereocenters. The molecule has 0 amide bonds. The normalized spacial score (nSPS) is 18.3. The maximum Gasteiger partial charge on any atom is 0.0458 e. The summed E-state index contributed by atoms with van der Waals surface area (Å²) in [5.74, 6) is 0.903. The Balaban J connectivity index is 1.55. The van der Waals surface area contributed by atoms with Crippen molar-refractivity contribution in [2.75, 3.05) is 0 Å². The summed E-state index contributed by atoms with van der Waals surface area (Å²) in [6.45, 7) is 2.30. The van der Waals surface area contributed by atoms with Gasteiger partial charge in [-0.25, -0.2) is 0 Å². The second-order valence-electron chi connectivity index (χ2n) is 7.15. The standard InChI is InChI=1S/C21H31N/c1-2-3-4-5-6-7-11-17-12-10-14-19-18-13-8-9-15-20(18)22-21(19)16-17/h8-9,13,15,17,22H,2-7,10-12,14,16H2,1H3. The molecule has 1 heterocycles. The zero-order valence-electron chi connectivity index (χ0n) is 14.2. The minimum Gasteiger partial charge on any atom is -0.358 e. The van der Waals surface area contributed by atoms with Gasteiger partial charge in [0.1, 0.15) is 0 Å². The van der Waals surface area contributed by atoms with E-state index in [2.05, 4.69) is 36.2 Å². The molecule has 0 radical (unpaired) electrons. The number of fused-ring (bicyclic) bond motifs is 3. The molecule has 0 bridgehead atoms. The summed E-state index contributed by atoms with van der Waals surface area (Å²) in [5.41, 5.74) is 4.49. The molecule has 1 nitrogen and oxygen atoms in total. The Bertz CT molecular complexity index is 581. The first-order chi connectivity index (χ1) is 10.9. The van der Waals surface area contributed by atoms with Crippen molar-refractivity contribution in [1.29, 1.82) is 0 Å². The molecule has 0 spiro atoms. The molecule has 1 aromatic heterocycles. The zero-order chi connectivity index (χ0) is 15.2. The molecule has 1 atom stereocenters. The van der Waals surface area contributed by atoms with Gasteiger partial charge in [0.05, 0.1) is 0 Å². The fraction of sp³-hybridized carbons (Fsp3) is 0.619.